The molecule has 1 aromatic carbocycles. The maximum atomic E-state index is 14.2. The van der Waals surface area contributed by atoms with Crippen molar-refractivity contribution < 1.29 is 19.0 Å². The van der Waals surface area contributed by atoms with Crippen LogP contribution in [0.3, 0.4) is 0 Å². The Morgan fingerprint density at radius 2 is 2.00 bits per heavy atom. The van der Waals surface area contributed by atoms with Gasteiger partial charge >= 0.3 is 0 Å². The molecule has 4 aliphatic rings. The van der Waals surface area contributed by atoms with Gasteiger partial charge in [-0.1, -0.05) is 25.1 Å². The Hall–Kier alpha value is -1.99. The fourth-order valence-electron chi connectivity index (χ4n) is 7.42. The van der Waals surface area contributed by atoms with E-state index < -0.39 is 5.79 Å². The number of rotatable bonds is 6. The first-order valence-corrected chi connectivity index (χ1v) is 12.9. The van der Waals surface area contributed by atoms with E-state index in [-0.39, 0.29) is 17.1 Å². The maximum Gasteiger partial charge on any atom is 0.179 e. The first-order chi connectivity index (χ1) is 16.6. The average Bonchev–Trinajstić information content (AvgIpc) is 3.23. The van der Waals surface area contributed by atoms with Gasteiger partial charge in [0.05, 0.1) is 30.5 Å². The van der Waals surface area contributed by atoms with Gasteiger partial charge in [0.25, 0.3) is 0 Å². The van der Waals surface area contributed by atoms with Crippen LogP contribution < -0.4 is 0 Å². The van der Waals surface area contributed by atoms with Gasteiger partial charge in [-0.05, 0) is 49.9 Å². The van der Waals surface area contributed by atoms with E-state index in [1.54, 1.807) is 14.2 Å². The highest BCUT2D eigenvalue weighted by Gasteiger charge is 2.51. The Labute approximate surface area is 201 Å². The van der Waals surface area contributed by atoms with Gasteiger partial charge in [0.1, 0.15) is 0 Å². The molecule has 0 N–H and O–H groups in total. The second kappa shape index (κ2) is 8.30. The van der Waals surface area contributed by atoms with Gasteiger partial charge in [-0.15, -0.1) is 0 Å². The number of hydrogen-bond acceptors (Lipinski definition) is 5. The molecule has 0 spiro atoms. The SMILES string of the molecule is CC[C@@]12C=C(C(=O)CC3COCCC3(OC)OC)n3c4c(c5ccccc53)CCN(CCC1)[C@H]42. The minimum Gasteiger partial charge on any atom is -0.381 e. The second-order valence-corrected chi connectivity index (χ2v) is 10.5. The van der Waals surface area contributed by atoms with Crippen LogP contribution >= 0.6 is 0 Å². The first-order valence-electron chi connectivity index (χ1n) is 12.9. The van der Waals surface area contributed by atoms with Crippen molar-refractivity contribution in [3.63, 3.8) is 0 Å². The Bertz CT molecular complexity index is 1150. The molecule has 2 fully saturated rings. The molecule has 3 atom stereocenters. The molecule has 0 aliphatic carbocycles. The van der Waals surface area contributed by atoms with Crippen LogP contribution in [0.25, 0.3) is 16.6 Å². The van der Waals surface area contributed by atoms with Crippen LogP contribution in [-0.4, -0.2) is 61.6 Å². The van der Waals surface area contributed by atoms with Crippen molar-refractivity contribution in [1.82, 2.24) is 9.47 Å². The number of aromatic nitrogens is 1. The Kier molecular flexibility index (Phi) is 5.49. The number of ketones is 1. The van der Waals surface area contributed by atoms with Gasteiger partial charge in [-0.25, -0.2) is 0 Å². The van der Waals surface area contributed by atoms with Crippen LogP contribution in [0.2, 0.25) is 0 Å². The summed E-state index contributed by atoms with van der Waals surface area (Å²) in [6, 6.07) is 8.99. The van der Waals surface area contributed by atoms with Crippen molar-refractivity contribution in [2.24, 2.45) is 11.3 Å². The third-order valence-corrected chi connectivity index (χ3v) is 9.19. The number of carbonyl (C=O) groups is 1. The zero-order valence-corrected chi connectivity index (χ0v) is 20.6. The van der Waals surface area contributed by atoms with E-state index in [1.165, 1.54) is 23.1 Å². The third-order valence-electron chi connectivity index (χ3n) is 9.19. The van der Waals surface area contributed by atoms with E-state index in [0.29, 0.717) is 32.1 Å². The van der Waals surface area contributed by atoms with Crippen LogP contribution in [0.4, 0.5) is 0 Å². The molecular weight excluding hydrogens is 428 g/mol. The predicted octanol–water partition coefficient (Wildman–Crippen LogP) is 4.57. The molecule has 0 saturated carbocycles. The number of piperidine rings is 1. The molecule has 6 rings (SSSR count). The Balaban J connectivity index is 1.49. The van der Waals surface area contributed by atoms with Gasteiger partial charge in [0, 0.05) is 56.0 Å². The molecule has 6 heteroatoms. The quantitative estimate of drug-likeness (QED) is 0.586. The molecular formula is C28H36N2O4. The zero-order valence-electron chi connectivity index (χ0n) is 20.6. The highest BCUT2D eigenvalue weighted by atomic mass is 16.7. The first kappa shape index (κ1) is 22.5. The molecule has 1 aromatic heterocycles. The van der Waals surface area contributed by atoms with Crippen molar-refractivity contribution in [2.75, 3.05) is 40.5 Å². The summed E-state index contributed by atoms with van der Waals surface area (Å²) < 4.78 is 19.8. The van der Waals surface area contributed by atoms with Crippen LogP contribution in [-0.2, 0) is 25.4 Å². The lowest BCUT2D eigenvalue weighted by atomic mass is 9.66. The highest BCUT2D eigenvalue weighted by Crippen LogP contribution is 2.57. The van der Waals surface area contributed by atoms with Gasteiger partial charge in [0.2, 0.25) is 0 Å². The van der Waals surface area contributed by atoms with Crippen molar-refractivity contribution >= 4 is 22.4 Å². The molecule has 2 saturated heterocycles. The van der Waals surface area contributed by atoms with Gasteiger partial charge in [-0.2, -0.15) is 0 Å². The number of ether oxygens (including phenoxy) is 3. The van der Waals surface area contributed by atoms with E-state index in [1.807, 2.05) is 0 Å². The zero-order chi connectivity index (χ0) is 23.5. The summed E-state index contributed by atoms with van der Waals surface area (Å²) in [7, 11) is 3.35. The molecule has 4 aliphatic heterocycles. The molecule has 0 amide bonds. The fourth-order valence-corrected chi connectivity index (χ4v) is 7.42. The monoisotopic (exact) mass is 464 g/mol. The topological polar surface area (TPSA) is 52.9 Å². The molecule has 0 radical (unpaired) electrons. The minimum absolute atomic E-state index is 0.00541. The number of nitrogens with zero attached hydrogens (tertiary/aromatic N) is 2. The number of allylic oxidation sites excluding steroid dienone is 1. The van der Waals surface area contributed by atoms with E-state index >= 15 is 0 Å². The van der Waals surface area contributed by atoms with Crippen molar-refractivity contribution in [1.29, 1.82) is 0 Å². The largest absolute Gasteiger partial charge is 0.381 e. The number of para-hydroxylation sites is 1. The lowest BCUT2D eigenvalue weighted by Gasteiger charge is -2.53. The third kappa shape index (κ3) is 3.05. The van der Waals surface area contributed by atoms with Gasteiger partial charge < -0.3 is 18.8 Å². The van der Waals surface area contributed by atoms with E-state index in [4.69, 9.17) is 14.2 Å². The van der Waals surface area contributed by atoms with Gasteiger partial charge in [0.15, 0.2) is 11.6 Å². The molecule has 1 unspecified atom stereocenters. The van der Waals surface area contributed by atoms with Crippen molar-refractivity contribution in [2.45, 2.75) is 57.3 Å². The number of carbonyl (C=O) groups excluding carboxylic acids is 1. The van der Waals surface area contributed by atoms with E-state index in [2.05, 4.69) is 46.7 Å². The summed E-state index contributed by atoms with van der Waals surface area (Å²) in [5, 5.41) is 1.30. The van der Waals surface area contributed by atoms with Gasteiger partial charge in [-0.3, -0.25) is 9.69 Å². The minimum atomic E-state index is -0.770. The molecule has 2 aromatic rings. The van der Waals surface area contributed by atoms with Crippen LogP contribution in [0.5, 0.6) is 0 Å². The summed E-state index contributed by atoms with van der Waals surface area (Å²) >= 11 is 0. The molecule has 34 heavy (non-hydrogen) atoms. The summed E-state index contributed by atoms with van der Waals surface area (Å²) in [5.41, 5.74) is 4.81. The Morgan fingerprint density at radius 3 is 2.79 bits per heavy atom. The molecule has 0 bridgehead atoms. The maximum absolute atomic E-state index is 14.2. The van der Waals surface area contributed by atoms with E-state index in [0.717, 1.165) is 43.6 Å². The van der Waals surface area contributed by atoms with Crippen LogP contribution in [0.15, 0.2) is 30.3 Å². The number of hydrogen-bond donors (Lipinski definition) is 0. The Morgan fingerprint density at radius 1 is 1.18 bits per heavy atom. The fraction of sp³-hybridized carbons (Fsp3) is 0.607. The summed E-state index contributed by atoms with van der Waals surface area (Å²) in [6.45, 7) is 5.61. The predicted molar refractivity (Wildman–Crippen MR) is 131 cm³/mol. The molecule has 5 heterocycles. The number of methoxy groups -OCH3 is 2. The summed E-state index contributed by atoms with van der Waals surface area (Å²) in [5.74, 6) is -0.750. The van der Waals surface area contributed by atoms with Crippen LogP contribution in [0, 0.1) is 11.3 Å². The average molecular weight is 465 g/mol. The lowest BCUT2D eigenvalue weighted by Crippen LogP contribution is -2.51. The smallest absolute Gasteiger partial charge is 0.179 e. The normalized spacial score (nSPS) is 30.1. The molecule has 6 nitrogen and oxygen atoms in total. The van der Waals surface area contributed by atoms with E-state index in [9.17, 15) is 4.79 Å². The highest BCUT2D eigenvalue weighted by molar-refractivity contribution is 6.17. The standard InChI is InChI=1S/C28H36N2O4/c1-4-27-11-7-13-29-14-10-21-20-8-5-6-9-22(20)30(25(21)26(27)29)23(17-27)24(31)16-19-18-34-15-12-28(19,32-2)33-3/h5-6,8-9,17,19,26H,4,7,10-16,18H2,1-3H3/t19?,26-,27+/m1/s1. The lowest BCUT2D eigenvalue weighted by molar-refractivity contribution is -0.275. The molecule has 182 valence electrons. The number of Topliss-reactive ketones (excluding diaryl/α,β-unsaturated/α-hetero) is 1. The van der Waals surface area contributed by atoms with Crippen molar-refractivity contribution in [3.05, 3.63) is 41.6 Å². The number of fused-ring (bicyclic) bond motifs is 3. The van der Waals surface area contributed by atoms with Crippen LogP contribution in [0.1, 0.15) is 56.3 Å². The summed E-state index contributed by atoms with van der Waals surface area (Å²) in [4.78, 5) is 16.8. The summed E-state index contributed by atoms with van der Waals surface area (Å²) in [6.07, 6.45) is 7.75. The van der Waals surface area contributed by atoms with Crippen molar-refractivity contribution in [3.8, 4) is 0 Å². The second-order valence-electron chi connectivity index (χ2n) is 10.5. The number of benzene rings is 1.